The van der Waals surface area contributed by atoms with Gasteiger partial charge in [0, 0.05) is 35.8 Å². The number of aromatic nitrogens is 3. The molecule has 5 rings (SSSR count). The van der Waals surface area contributed by atoms with Crippen molar-refractivity contribution in [3.8, 4) is 17.0 Å². The fourth-order valence-electron chi connectivity index (χ4n) is 4.73. The van der Waals surface area contributed by atoms with Gasteiger partial charge in [0.25, 0.3) is 5.91 Å². The summed E-state index contributed by atoms with van der Waals surface area (Å²) in [5, 5.41) is 13.5. The number of carbonyl (C=O) groups is 2. The van der Waals surface area contributed by atoms with Gasteiger partial charge < -0.3 is 20.7 Å². The van der Waals surface area contributed by atoms with Crippen LogP contribution in [0.15, 0.2) is 30.5 Å². The Morgan fingerprint density at radius 1 is 1.10 bits per heavy atom. The number of aryl methyl sites for hydroxylation is 1. The Morgan fingerprint density at radius 3 is 2.40 bits per heavy atom. The van der Waals surface area contributed by atoms with E-state index in [4.69, 9.17) is 9.84 Å². The number of nitrogens with zero attached hydrogens (tertiary/aromatic N) is 3. The SMILES string of the molecule is Cc1cc(-c2cnc3c(OC(C)(C)C)cc(NC4CCCC4)nn23)ccc1C(=O)NC1CC1.O=CNCCC(F)(F)F. The fourth-order valence-corrected chi connectivity index (χ4v) is 4.73. The molecule has 2 aliphatic carbocycles. The number of benzene rings is 1. The van der Waals surface area contributed by atoms with Crippen molar-refractivity contribution >= 4 is 23.8 Å². The minimum absolute atomic E-state index is 0.00160. The third-order valence-electron chi connectivity index (χ3n) is 6.87. The first-order chi connectivity index (χ1) is 19.8. The van der Waals surface area contributed by atoms with Crippen LogP contribution in [0.4, 0.5) is 19.0 Å². The van der Waals surface area contributed by atoms with Crippen LogP contribution in [0.5, 0.6) is 5.75 Å². The maximum atomic E-state index is 12.5. The molecule has 1 aromatic carbocycles. The zero-order valence-electron chi connectivity index (χ0n) is 24.5. The van der Waals surface area contributed by atoms with E-state index < -0.39 is 12.6 Å². The van der Waals surface area contributed by atoms with Crippen LogP contribution < -0.4 is 20.7 Å². The van der Waals surface area contributed by atoms with Gasteiger partial charge in [0.15, 0.2) is 17.2 Å². The second-order valence-electron chi connectivity index (χ2n) is 11.8. The molecule has 2 fully saturated rings. The van der Waals surface area contributed by atoms with Gasteiger partial charge in [0.2, 0.25) is 6.41 Å². The first-order valence-electron chi connectivity index (χ1n) is 14.3. The molecule has 9 nitrogen and oxygen atoms in total. The fraction of sp³-hybridized carbons (Fsp3) is 0.533. The highest BCUT2D eigenvalue weighted by Gasteiger charge is 2.26. The predicted octanol–water partition coefficient (Wildman–Crippen LogP) is 5.81. The summed E-state index contributed by atoms with van der Waals surface area (Å²) in [5.74, 6) is 1.51. The minimum Gasteiger partial charge on any atom is -0.484 e. The highest BCUT2D eigenvalue weighted by Crippen LogP contribution is 2.32. The summed E-state index contributed by atoms with van der Waals surface area (Å²) in [6, 6.07) is 8.65. The number of halogens is 3. The van der Waals surface area contributed by atoms with E-state index in [0.29, 0.717) is 29.0 Å². The van der Waals surface area contributed by atoms with E-state index in [1.807, 2.05) is 68.0 Å². The molecule has 0 spiro atoms. The van der Waals surface area contributed by atoms with Gasteiger partial charge in [-0.05, 0) is 71.1 Å². The van der Waals surface area contributed by atoms with Gasteiger partial charge in [0.1, 0.15) is 5.60 Å². The molecule has 0 unspecified atom stereocenters. The molecule has 2 aromatic heterocycles. The lowest BCUT2D eigenvalue weighted by Gasteiger charge is -2.22. The quantitative estimate of drug-likeness (QED) is 0.215. The topological polar surface area (TPSA) is 110 Å². The predicted molar refractivity (Wildman–Crippen MR) is 155 cm³/mol. The monoisotopic (exact) mass is 588 g/mol. The van der Waals surface area contributed by atoms with Crippen LogP contribution in [0.3, 0.4) is 0 Å². The molecule has 3 N–H and O–H groups in total. The van der Waals surface area contributed by atoms with Crippen molar-refractivity contribution in [2.45, 2.75) is 96.5 Å². The van der Waals surface area contributed by atoms with Gasteiger partial charge in [-0.25, -0.2) is 9.50 Å². The zero-order valence-corrected chi connectivity index (χ0v) is 24.5. The van der Waals surface area contributed by atoms with Gasteiger partial charge in [-0.1, -0.05) is 18.9 Å². The summed E-state index contributed by atoms with van der Waals surface area (Å²) in [7, 11) is 0. The highest BCUT2D eigenvalue weighted by atomic mass is 19.4. The van der Waals surface area contributed by atoms with Crippen LogP contribution in [0.2, 0.25) is 0 Å². The number of carbonyl (C=O) groups excluding carboxylic acids is 2. The molecule has 2 aliphatic rings. The number of hydrogen-bond acceptors (Lipinski definition) is 6. The Morgan fingerprint density at radius 2 is 1.81 bits per heavy atom. The van der Waals surface area contributed by atoms with Crippen molar-refractivity contribution in [2.24, 2.45) is 0 Å². The molecule has 0 saturated heterocycles. The lowest BCUT2D eigenvalue weighted by atomic mass is 10.0. The van der Waals surface area contributed by atoms with E-state index in [1.165, 1.54) is 12.8 Å². The number of fused-ring (bicyclic) bond motifs is 1. The molecule has 3 aromatic rings. The van der Waals surface area contributed by atoms with E-state index in [9.17, 15) is 22.8 Å². The molecule has 2 amide bonds. The second kappa shape index (κ2) is 13.0. The van der Waals surface area contributed by atoms with Gasteiger partial charge in [-0.2, -0.15) is 13.2 Å². The van der Waals surface area contributed by atoms with E-state index >= 15 is 0 Å². The molecule has 0 aliphatic heterocycles. The molecule has 2 saturated carbocycles. The van der Waals surface area contributed by atoms with E-state index in [0.717, 1.165) is 48.3 Å². The summed E-state index contributed by atoms with van der Waals surface area (Å²) in [5.41, 5.74) is 3.82. The molecule has 12 heteroatoms. The van der Waals surface area contributed by atoms with Gasteiger partial charge in [-0.15, -0.1) is 5.10 Å². The summed E-state index contributed by atoms with van der Waals surface area (Å²) in [6.07, 6.45) is 3.91. The second-order valence-corrected chi connectivity index (χ2v) is 11.8. The largest absolute Gasteiger partial charge is 0.484 e. The molecular formula is C30H39F3N6O3. The first-order valence-corrected chi connectivity index (χ1v) is 14.3. The van der Waals surface area contributed by atoms with Crippen molar-refractivity contribution in [3.05, 3.63) is 41.6 Å². The van der Waals surface area contributed by atoms with Crippen LogP contribution >= 0.6 is 0 Å². The summed E-state index contributed by atoms with van der Waals surface area (Å²) in [4.78, 5) is 26.6. The lowest BCUT2D eigenvalue weighted by Crippen LogP contribution is -2.26. The third-order valence-corrected chi connectivity index (χ3v) is 6.87. The molecule has 0 bridgehead atoms. The summed E-state index contributed by atoms with van der Waals surface area (Å²) < 4.78 is 41.8. The van der Waals surface area contributed by atoms with E-state index in [-0.39, 0.29) is 24.5 Å². The Balaban J connectivity index is 0.000000392. The Hall–Kier alpha value is -3.83. The number of rotatable bonds is 9. The highest BCUT2D eigenvalue weighted by molar-refractivity contribution is 5.96. The average Bonchev–Trinajstić information content (AvgIpc) is 3.36. The minimum atomic E-state index is -4.17. The van der Waals surface area contributed by atoms with Crippen molar-refractivity contribution < 1.29 is 27.5 Å². The number of alkyl halides is 3. The Kier molecular flexibility index (Phi) is 9.63. The van der Waals surface area contributed by atoms with Crippen LogP contribution in [0.25, 0.3) is 16.9 Å². The zero-order chi connectivity index (χ0) is 30.5. The number of nitrogens with one attached hydrogen (secondary N) is 3. The van der Waals surface area contributed by atoms with Crippen molar-refractivity contribution in [2.75, 3.05) is 11.9 Å². The Labute approximate surface area is 243 Å². The maximum Gasteiger partial charge on any atom is 0.390 e. The lowest BCUT2D eigenvalue weighted by molar-refractivity contribution is -0.134. The molecule has 0 radical (unpaired) electrons. The smallest absolute Gasteiger partial charge is 0.390 e. The average molecular weight is 589 g/mol. The summed E-state index contributed by atoms with van der Waals surface area (Å²) >= 11 is 0. The van der Waals surface area contributed by atoms with Crippen LogP contribution in [-0.4, -0.2) is 57.3 Å². The number of imidazole rings is 1. The van der Waals surface area contributed by atoms with Crippen molar-refractivity contribution in [1.82, 2.24) is 25.2 Å². The van der Waals surface area contributed by atoms with Gasteiger partial charge in [-0.3, -0.25) is 9.59 Å². The molecule has 2 heterocycles. The van der Waals surface area contributed by atoms with Crippen molar-refractivity contribution in [1.29, 1.82) is 0 Å². The number of ether oxygens (including phenoxy) is 1. The van der Waals surface area contributed by atoms with Gasteiger partial charge >= 0.3 is 6.18 Å². The number of anilines is 1. The maximum absolute atomic E-state index is 12.5. The van der Waals surface area contributed by atoms with Crippen LogP contribution in [0.1, 0.15) is 81.6 Å². The van der Waals surface area contributed by atoms with E-state index in [2.05, 4.69) is 15.6 Å². The van der Waals surface area contributed by atoms with Gasteiger partial charge in [0.05, 0.1) is 18.3 Å². The molecule has 228 valence electrons. The molecule has 42 heavy (non-hydrogen) atoms. The first kappa shape index (κ1) is 31.1. The summed E-state index contributed by atoms with van der Waals surface area (Å²) in [6.45, 7) is 7.74. The third kappa shape index (κ3) is 8.83. The van der Waals surface area contributed by atoms with E-state index in [1.54, 1.807) is 0 Å². The standard InChI is InChI=1S/C26H33N5O2.C4H6F3NO/c1-16-13-17(9-12-20(16)25(32)29-19-10-11-19)21-15-27-24-22(33-26(2,3)4)14-23(30-31(21)24)28-18-7-5-6-8-18;5-4(6,7)1-2-8-3-9/h9,12-15,18-19H,5-8,10-11H2,1-4H3,(H,28,30)(H,29,32);3H,1-2H2,(H,8,9). The van der Waals surface area contributed by atoms with Crippen LogP contribution in [-0.2, 0) is 4.79 Å². The van der Waals surface area contributed by atoms with Crippen molar-refractivity contribution in [3.63, 3.8) is 0 Å². The molecule has 0 atom stereocenters. The normalized spacial score (nSPS) is 15.6. The number of amides is 2. The van der Waals surface area contributed by atoms with Crippen LogP contribution in [0, 0.1) is 6.92 Å². The molecular weight excluding hydrogens is 549 g/mol. The number of hydrogen-bond donors (Lipinski definition) is 3. The Bertz CT molecular complexity index is 1390.